The van der Waals surface area contributed by atoms with Gasteiger partial charge in [-0.1, -0.05) is 6.92 Å². The molecule has 2 aromatic rings. The summed E-state index contributed by atoms with van der Waals surface area (Å²) in [6.45, 7) is 8.29. The maximum Gasteiger partial charge on any atom is 0.130 e. The van der Waals surface area contributed by atoms with Gasteiger partial charge in [0, 0.05) is 30.1 Å². The molecular weight excluding hydrogens is 238 g/mol. The maximum absolute atomic E-state index is 4.48. The van der Waals surface area contributed by atoms with Crippen molar-refractivity contribution in [1.29, 1.82) is 0 Å². The van der Waals surface area contributed by atoms with E-state index in [-0.39, 0.29) is 6.04 Å². The average Bonchev–Trinajstić information content (AvgIpc) is 2.61. The number of anilines is 1. The van der Waals surface area contributed by atoms with Gasteiger partial charge in [0.2, 0.25) is 0 Å². The summed E-state index contributed by atoms with van der Waals surface area (Å²) in [5.41, 5.74) is 4.50. The van der Waals surface area contributed by atoms with Crippen molar-refractivity contribution in [3.63, 3.8) is 0 Å². The first-order valence-electron chi connectivity index (χ1n) is 6.58. The molecule has 2 rings (SSSR count). The second kappa shape index (κ2) is 5.38. The Morgan fingerprint density at radius 2 is 2.00 bits per heavy atom. The molecule has 0 spiro atoms. The van der Waals surface area contributed by atoms with Gasteiger partial charge < -0.3 is 5.32 Å². The van der Waals surface area contributed by atoms with Gasteiger partial charge in [0.15, 0.2) is 0 Å². The zero-order chi connectivity index (χ0) is 14.0. The zero-order valence-electron chi connectivity index (χ0n) is 12.2. The molecule has 5 heteroatoms. The van der Waals surface area contributed by atoms with Crippen molar-refractivity contribution in [2.24, 2.45) is 7.05 Å². The van der Waals surface area contributed by atoms with E-state index in [0.29, 0.717) is 0 Å². The Morgan fingerprint density at radius 3 is 2.53 bits per heavy atom. The third-order valence-electron chi connectivity index (χ3n) is 3.45. The van der Waals surface area contributed by atoms with Crippen molar-refractivity contribution in [1.82, 2.24) is 19.7 Å². The largest absolute Gasteiger partial charge is 0.363 e. The van der Waals surface area contributed by atoms with Crippen molar-refractivity contribution in [2.75, 3.05) is 5.32 Å². The highest BCUT2D eigenvalue weighted by atomic mass is 15.3. The van der Waals surface area contributed by atoms with E-state index in [4.69, 9.17) is 0 Å². The minimum Gasteiger partial charge on any atom is -0.363 e. The topological polar surface area (TPSA) is 55.6 Å². The summed E-state index contributed by atoms with van der Waals surface area (Å²) in [5, 5.41) is 7.96. The van der Waals surface area contributed by atoms with Crippen molar-refractivity contribution in [3.05, 3.63) is 35.0 Å². The van der Waals surface area contributed by atoms with E-state index < -0.39 is 0 Å². The van der Waals surface area contributed by atoms with Gasteiger partial charge >= 0.3 is 0 Å². The fourth-order valence-corrected chi connectivity index (χ4v) is 2.38. The second-order valence-corrected chi connectivity index (χ2v) is 4.86. The minimum atomic E-state index is 0.225. The van der Waals surface area contributed by atoms with E-state index in [2.05, 4.69) is 41.2 Å². The highest BCUT2D eigenvalue weighted by molar-refractivity contribution is 5.41. The van der Waals surface area contributed by atoms with Gasteiger partial charge in [-0.15, -0.1) is 0 Å². The fourth-order valence-electron chi connectivity index (χ4n) is 2.38. The third-order valence-corrected chi connectivity index (χ3v) is 3.45. The molecule has 1 atom stereocenters. The van der Waals surface area contributed by atoms with E-state index in [1.54, 1.807) is 6.33 Å². The van der Waals surface area contributed by atoms with Gasteiger partial charge in [-0.3, -0.25) is 4.68 Å². The number of rotatable bonds is 4. The Kier molecular flexibility index (Phi) is 3.83. The number of hydrogen-bond acceptors (Lipinski definition) is 4. The highest BCUT2D eigenvalue weighted by Crippen LogP contribution is 2.26. The van der Waals surface area contributed by atoms with E-state index in [1.807, 2.05) is 24.7 Å². The van der Waals surface area contributed by atoms with Crippen LogP contribution in [0.5, 0.6) is 0 Å². The smallest absolute Gasteiger partial charge is 0.130 e. The first-order valence-corrected chi connectivity index (χ1v) is 6.58. The van der Waals surface area contributed by atoms with Crippen molar-refractivity contribution < 1.29 is 0 Å². The first-order chi connectivity index (χ1) is 9.02. The lowest BCUT2D eigenvalue weighted by molar-refractivity contribution is 0.714. The molecule has 0 fully saturated rings. The SMILES string of the molecule is CCC(Nc1cc(C)ncn1)c1c(C)nn(C)c1C. The minimum absolute atomic E-state index is 0.225. The summed E-state index contributed by atoms with van der Waals surface area (Å²) in [5.74, 6) is 0.863. The van der Waals surface area contributed by atoms with Crippen molar-refractivity contribution in [2.45, 2.75) is 40.2 Å². The molecule has 19 heavy (non-hydrogen) atoms. The van der Waals surface area contributed by atoms with Crippen LogP contribution in [0.25, 0.3) is 0 Å². The van der Waals surface area contributed by atoms with Crippen molar-refractivity contribution >= 4 is 5.82 Å². The fraction of sp³-hybridized carbons (Fsp3) is 0.500. The molecule has 1 unspecified atom stereocenters. The molecule has 2 aromatic heterocycles. The van der Waals surface area contributed by atoms with Crippen LogP contribution in [0.15, 0.2) is 12.4 Å². The highest BCUT2D eigenvalue weighted by Gasteiger charge is 2.19. The van der Waals surface area contributed by atoms with E-state index >= 15 is 0 Å². The number of nitrogens with zero attached hydrogens (tertiary/aromatic N) is 4. The molecule has 5 nitrogen and oxygen atoms in total. The quantitative estimate of drug-likeness (QED) is 0.917. The zero-order valence-corrected chi connectivity index (χ0v) is 12.2. The summed E-state index contributed by atoms with van der Waals surface area (Å²) < 4.78 is 1.93. The van der Waals surface area contributed by atoms with Crippen LogP contribution >= 0.6 is 0 Å². The monoisotopic (exact) mass is 259 g/mol. The molecule has 0 saturated heterocycles. The van der Waals surface area contributed by atoms with E-state index in [9.17, 15) is 0 Å². The molecule has 102 valence electrons. The molecule has 0 bridgehead atoms. The summed E-state index contributed by atoms with van der Waals surface area (Å²) in [4.78, 5) is 8.39. The Morgan fingerprint density at radius 1 is 1.26 bits per heavy atom. The molecule has 0 aromatic carbocycles. The Labute approximate surface area is 114 Å². The molecule has 0 radical (unpaired) electrons. The molecule has 0 aliphatic carbocycles. The summed E-state index contributed by atoms with van der Waals surface area (Å²) in [6.07, 6.45) is 2.57. The molecule has 0 aliphatic heterocycles. The predicted octanol–water partition coefficient (Wildman–Crippen LogP) is 2.70. The van der Waals surface area contributed by atoms with Crippen LogP contribution in [-0.4, -0.2) is 19.7 Å². The molecule has 0 aliphatic rings. The van der Waals surface area contributed by atoms with Gasteiger partial charge in [0.1, 0.15) is 12.1 Å². The van der Waals surface area contributed by atoms with Crippen LogP contribution in [0.3, 0.4) is 0 Å². The average molecular weight is 259 g/mol. The van der Waals surface area contributed by atoms with Gasteiger partial charge in [-0.2, -0.15) is 5.10 Å². The van der Waals surface area contributed by atoms with Crippen LogP contribution in [0.1, 0.15) is 42.0 Å². The van der Waals surface area contributed by atoms with E-state index in [0.717, 1.165) is 23.6 Å². The standard InChI is InChI=1S/C14H21N5/c1-6-12(14-10(3)18-19(5)11(14)4)17-13-7-9(2)15-8-16-13/h7-8,12H,6H2,1-5H3,(H,15,16,17). The van der Waals surface area contributed by atoms with Gasteiger partial charge in [-0.05, 0) is 27.2 Å². The molecule has 1 N–H and O–H groups in total. The van der Waals surface area contributed by atoms with Gasteiger partial charge in [0.05, 0.1) is 11.7 Å². The number of aromatic nitrogens is 4. The summed E-state index contributed by atoms with van der Waals surface area (Å²) >= 11 is 0. The van der Waals surface area contributed by atoms with Crippen LogP contribution in [-0.2, 0) is 7.05 Å². The lowest BCUT2D eigenvalue weighted by atomic mass is 10.0. The number of nitrogens with one attached hydrogen (secondary N) is 1. The maximum atomic E-state index is 4.48. The van der Waals surface area contributed by atoms with E-state index in [1.165, 1.54) is 11.3 Å². The second-order valence-electron chi connectivity index (χ2n) is 4.86. The Balaban J connectivity index is 2.30. The van der Waals surface area contributed by atoms with Crippen LogP contribution < -0.4 is 5.32 Å². The molecule has 0 amide bonds. The Hall–Kier alpha value is -1.91. The van der Waals surface area contributed by atoms with Gasteiger partial charge in [-0.25, -0.2) is 9.97 Å². The summed E-state index contributed by atoms with van der Waals surface area (Å²) in [7, 11) is 1.98. The molecular formula is C14H21N5. The van der Waals surface area contributed by atoms with Crippen LogP contribution in [0, 0.1) is 20.8 Å². The van der Waals surface area contributed by atoms with Crippen LogP contribution in [0.2, 0.25) is 0 Å². The normalized spacial score (nSPS) is 12.5. The van der Waals surface area contributed by atoms with Gasteiger partial charge in [0.25, 0.3) is 0 Å². The lowest BCUT2D eigenvalue weighted by Gasteiger charge is -2.18. The number of aryl methyl sites for hydroxylation is 3. The summed E-state index contributed by atoms with van der Waals surface area (Å²) in [6, 6.07) is 2.19. The van der Waals surface area contributed by atoms with Crippen LogP contribution in [0.4, 0.5) is 5.82 Å². The third kappa shape index (κ3) is 2.75. The number of hydrogen-bond donors (Lipinski definition) is 1. The van der Waals surface area contributed by atoms with Crippen molar-refractivity contribution in [3.8, 4) is 0 Å². The molecule has 0 saturated carbocycles. The first kappa shape index (κ1) is 13.5. The molecule has 2 heterocycles. The Bertz CT molecular complexity index is 573. The lowest BCUT2D eigenvalue weighted by Crippen LogP contribution is -2.13. The predicted molar refractivity (Wildman–Crippen MR) is 76.1 cm³/mol.